The van der Waals surface area contributed by atoms with Crippen LogP contribution in [-0.4, -0.2) is 35.8 Å². The summed E-state index contributed by atoms with van der Waals surface area (Å²) in [5.74, 6) is -0.509. The van der Waals surface area contributed by atoms with E-state index in [1.807, 2.05) is 7.05 Å². The lowest BCUT2D eigenvalue weighted by atomic mass is 10.3. The third-order valence-corrected chi connectivity index (χ3v) is 2.80. The highest BCUT2D eigenvalue weighted by molar-refractivity contribution is 5.92. The zero-order valence-corrected chi connectivity index (χ0v) is 11.3. The van der Waals surface area contributed by atoms with Gasteiger partial charge in [-0.05, 0) is 50.3 Å². The Hall–Kier alpha value is -2.21. The first-order valence-corrected chi connectivity index (χ1v) is 6.45. The van der Waals surface area contributed by atoms with E-state index >= 15 is 0 Å². The highest BCUT2D eigenvalue weighted by Crippen LogP contribution is 2.08. The molecule has 2 rings (SSSR count). The van der Waals surface area contributed by atoms with Crippen molar-refractivity contribution in [2.45, 2.75) is 6.42 Å². The van der Waals surface area contributed by atoms with Crippen molar-refractivity contribution in [2.24, 2.45) is 0 Å². The summed E-state index contributed by atoms with van der Waals surface area (Å²) in [6, 6.07) is 7.56. The Kier molecular flexibility index (Phi) is 4.84. The minimum absolute atomic E-state index is 0.207. The van der Waals surface area contributed by atoms with Crippen molar-refractivity contribution in [1.82, 2.24) is 20.4 Å². The molecule has 0 unspecified atom stereocenters. The summed E-state index contributed by atoms with van der Waals surface area (Å²) in [4.78, 5) is 11.8. The molecule has 0 spiro atoms. The van der Waals surface area contributed by atoms with E-state index in [1.54, 1.807) is 29.1 Å². The van der Waals surface area contributed by atoms with Gasteiger partial charge in [-0.15, -0.1) is 0 Å². The van der Waals surface area contributed by atoms with Gasteiger partial charge in [0.1, 0.15) is 5.82 Å². The number of benzene rings is 1. The molecule has 0 bridgehead atoms. The standard InChI is InChI=1S/C14H17FN4O/c1-16-8-2-9-17-14(20)13-7-10-19(18-13)12-5-3-11(15)4-6-12/h3-7,10,16H,2,8-9H2,1H3,(H,17,20). The fourth-order valence-corrected chi connectivity index (χ4v) is 1.74. The van der Waals surface area contributed by atoms with Gasteiger partial charge in [-0.2, -0.15) is 5.10 Å². The molecule has 106 valence electrons. The summed E-state index contributed by atoms with van der Waals surface area (Å²) < 4.78 is 14.4. The first kappa shape index (κ1) is 14.2. The van der Waals surface area contributed by atoms with Crippen LogP contribution in [0.3, 0.4) is 0 Å². The molecule has 6 heteroatoms. The largest absolute Gasteiger partial charge is 0.351 e. The average Bonchev–Trinajstić information content (AvgIpc) is 2.94. The maximum atomic E-state index is 12.8. The van der Waals surface area contributed by atoms with E-state index in [0.29, 0.717) is 17.9 Å². The predicted molar refractivity (Wildman–Crippen MR) is 74.4 cm³/mol. The molecule has 0 fully saturated rings. The Balaban J connectivity index is 1.98. The molecule has 0 atom stereocenters. The SMILES string of the molecule is CNCCCNC(=O)c1ccn(-c2ccc(F)cc2)n1. The molecule has 0 saturated heterocycles. The summed E-state index contributed by atoms with van der Waals surface area (Å²) in [5, 5.41) is 9.98. The highest BCUT2D eigenvalue weighted by Gasteiger charge is 2.09. The van der Waals surface area contributed by atoms with E-state index in [-0.39, 0.29) is 11.7 Å². The van der Waals surface area contributed by atoms with Crippen LogP contribution in [0.25, 0.3) is 5.69 Å². The number of aromatic nitrogens is 2. The minimum Gasteiger partial charge on any atom is -0.351 e. The fourth-order valence-electron chi connectivity index (χ4n) is 1.74. The summed E-state index contributed by atoms with van der Waals surface area (Å²) in [6.07, 6.45) is 2.54. The molecule has 0 aliphatic carbocycles. The van der Waals surface area contributed by atoms with Crippen LogP contribution in [0.5, 0.6) is 0 Å². The van der Waals surface area contributed by atoms with Gasteiger partial charge in [0.25, 0.3) is 5.91 Å². The molecule has 20 heavy (non-hydrogen) atoms. The number of hydrogen-bond donors (Lipinski definition) is 2. The van der Waals surface area contributed by atoms with Crippen LogP contribution in [0.4, 0.5) is 4.39 Å². The van der Waals surface area contributed by atoms with Crippen LogP contribution >= 0.6 is 0 Å². The number of rotatable bonds is 6. The molecule has 1 aromatic carbocycles. The van der Waals surface area contributed by atoms with Crippen molar-refractivity contribution in [3.05, 3.63) is 48.0 Å². The third-order valence-electron chi connectivity index (χ3n) is 2.80. The number of carbonyl (C=O) groups is 1. The van der Waals surface area contributed by atoms with Gasteiger partial charge in [-0.1, -0.05) is 0 Å². The molecule has 2 aromatic rings. The zero-order valence-electron chi connectivity index (χ0n) is 11.3. The average molecular weight is 276 g/mol. The van der Waals surface area contributed by atoms with Crippen molar-refractivity contribution in [2.75, 3.05) is 20.1 Å². The summed E-state index contributed by atoms with van der Waals surface area (Å²) in [6.45, 7) is 1.45. The van der Waals surface area contributed by atoms with E-state index in [9.17, 15) is 9.18 Å². The summed E-state index contributed by atoms with van der Waals surface area (Å²) in [7, 11) is 1.87. The molecule has 5 nitrogen and oxygen atoms in total. The lowest BCUT2D eigenvalue weighted by molar-refractivity contribution is 0.0948. The van der Waals surface area contributed by atoms with Crippen LogP contribution in [0.1, 0.15) is 16.9 Å². The van der Waals surface area contributed by atoms with Crippen LogP contribution in [-0.2, 0) is 0 Å². The second-order valence-electron chi connectivity index (χ2n) is 4.33. The van der Waals surface area contributed by atoms with Crippen molar-refractivity contribution < 1.29 is 9.18 Å². The molecular formula is C14H17FN4O. The topological polar surface area (TPSA) is 58.9 Å². The number of nitrogens with one attached hydrogen (secondary N) is 2. The molecular weight excluding hydrogens is 259 g/mol. The number of carbonyl (C=O) groups excluding carboxylic acids is 1. The van der Waals surface area contributed by atoms with E-state index in [1.165, 1.54) is 12.1 Å². The first-order chi connectivity index (χ1) is 9.70. The highest BCUT2D eigenvalue weighted by atomic mass is 19.1. The molecule has 1 heterocycles. The Bertz CT molecular complexity index is 565. The Morgan fingerprint density at radius 2 is 2.00 bits per heavy atom. The van der Waals surface area contributed by atoms with Gasteiger partial charge >= 0.3 is 0 Å². The van der Waals surface area contributed by atoms with Gasteiger partial charge in [0.2, 0.25) is 0 Å². The molecule has 1 aromatic heterocycles. The van der Waals surface area contributed by atoms with Crippen molar-refractivity contribution in [3.63, 3.8) is 0 Å². The van der Waals surface area contributed by atoms with Crippen molar-refractivity contribution in [3.8, 4) is 5.69 Å². The predicted octanol–water partition coefficient (Wildman–Crippen LogP) is 1.35. The zero-order chi connectivity index (χ0) is 14.4. The third kappa shape index (κ3) is 3.64. The molecule has 0 radical (unpaired) electrons. The molecule has 1 amide bonds. The lowest BCUT2D eigenvalue weighted by Crippen LogP contribution is -2.27. The van der Waals surface area contributed by atoms with Crippen LogP contribution in [0, 0.1) is 5.82 Å². The van der Waals surface area contributed by atoms with Gasteiger partial charge in [0.05, 0.1) is 5.69 Å². The number of amides is 1. The van der Waals surface area contributed by atoms with Crippen molar-refractivity contribution >= 4 is 5.91 Å². The van der Waals surface area contributed by atoms with Gasteiger partial charge in [0.15, 0.2) is 5.69 Å². The quantitative estimate of drug-likeness (QED) is 0.783. The van der Waals surface area contributed by atoms with Crippen LogP contribution in [0.15, 0.2) is 36.5 Å². The van der Waals surface area contributed by atoms with E-state index < -0.39 is 0 Å². The second-order valence-corrected chi connectivity index (χ2v) is 4.33. The molecule has 0 aliphatic rings. The number of nitrogens with zero attached hydrogens (tertiary/aromatic N) is 2. The monoisotopic (exact) mass is 276 g/mol. The molecule has 0 saturated carbocycles. The summed E-state index contributed by atoms with van der Waals surface area (Å²) in [5.41, 5.74) is 1.06. The van der Waals surface area contributed by atoms with Gasteiger partial charge in [-0.3, -0.25) is 4.79 Å². The maximum Gasteiger partial charge on any atom is 0.271 e. The normalized spacial score (nSPS) is 10.5. The van der Waals surface area contributed by atoms with Gasteiger partial charge < -0.3 is 10.6 Å². The second kappa shape index (κ2) is 6.81. The number of hydrogen-bond acceptors (Lipinski definition) is 3. The van der Waals surface area contributed by atoms with E-state index in [0.717, 1.165) is 13.0 Å². The van der Waals surface area contributed by atoms with Crippen LogP contribution in [0.2, 0.25) is 0 Å². The maximum absolute atomic E-state index is 12.8. The van der Waals surface area contributed by atoms with Gasteiger partial charge in [0, 0.05) is 12.7 Å². The smallest absolute Gasteiger partial charge is 0.271 e. The van der Waals surface area contributed by atoms with Crippen LogP contribution < -0.4 is 10.6 Å². The molecule has 2 N–H and O–H groups in total. The minimum atomic E-state index is -0.302. The number of halogens is 1. The van der Waals surface area contributed by atoms with Crippen molar-refractivity contribution in [1.29, 1.82) is 0 Å². The summed E-state index contributed by atoms with van der Waals surface area (Å²) >= 11 is 0. The Morgan fingerprint density at radius 3 is 2.70 bits per heavy atom. The Labute approximate surface area is 116 Å². The van der Waals surface area contributed by atoms with E-state index in [4.69, 9.17) is 0 Å². The molecule has 0 aliphatic heterocycles. The first-order valence-electron chi connectivity index (χ1n) is 6.45. The Morgan fingerprint density at radius 1 is 1.25 bits per heavy atom. The van der Waals surface area contributed by atoms with E-state index in [2.05, 4.69) is 15.7 Å². The lowest BCUT2D eigenvalue weighted by Gasteiger charge is -2.03. The van der Waals surface area contributed by atoms with Gasteiger partial charge in [-0.25, -0.2) is 9.07 Å². The fraction of sp³-hybridized carbons (Fsp3) is 0.286.